The smallest absolute Gasteiger partial charge is 0.253 e. The van der Waals surface area contributed by atoms with Gasteiger partial charge in [0.2, 0.25) is 11.8 Å². The number of amides is 3. The maximum absolute atomic E-state index is 13.3. The first-order valence-corrected chi connectivity index (χ1v) is 11.3. The van der Waals surface area contributed by atoms with E-state index in [1.807, 2.05) is 41.3 Å². The van der Waals surface area contributed by atoms with Crippen molar-refractivity contribution in [2.45, 2.75) is 19.3 Å². The van der Waals surface area contributed by atoms with Gasteiger partial charge in [-0.2, -0.15) is 0 Å². The Labute approximate surface area is 189 Å². The maximum atomic E-state index is 13.3. The van der Waals surface area contributed by atoms with Gasteiger partial charge in [-0.15, -0.1) is 0 Å². The van der Waals surface area contributed by atoms with Crippen LogP contribution in [0.25, 0.3) is 0 Å². The molecule has 2 aromatic rings. The SMILES string of the molecule is CN(C)C(=O)[C@@]12CN(C(=O)CCCc3ccccc3)C[C@@H]1CN(C(=O)c1ccccc1)C2. The van der Waals surface area contributed by atoms with Crippen molar-refractivity contribution in [2.75, 3.05) is 40.3 Å². The minimum absolute atomic E-state index is 0.00504. The quantitative estimate of drug-likeness (QED) is 0.704. The van der Waals surface area contributed by atoms with Crippen LogP contribution < -0.4 is 0 Å². The zero-order valence-corrected chi connectivity index (χ0v) is 18.9. The van der Waals surface area contributed by atoms with E-state index in [-0.39, 0.29) is 23.6 Å². The molecule has 2 saturated heterocycles. The molecule has 4 rings (SSSR count). The van der Waals surface area contributed by atoms with Crippen molar-refractivity contribution in [2.24, 2.45) is 11.3 Å². The summed E-state index contributed by atoms with van der Waals surface area (Å²) in [6.07, 6.45) is 2.13. The molecule has 168 valence electrons. The van der Waals surface area contributed by atoms with E-state index in [9.17, 15) is 14.4 Å². The van der Waals surface area contributed by atoms with E-state index < -0.39 is 5.41 Å². The van der Waals surface area contributed by atoms with Gasteiger partial charge in [-0.3, -0.25) is 14.4 Å². The van der Waals surface area contributed by atoms with Crippen LogP contribution in [0.5, 0.6) is 0 Å². The molecule has 0 unspecified atom stereocenters. The molecule has 3 amide bonds. The number of carbonyl (C=O) groups excluding carboxylic acids is 3. The fourth-order valence-corrected chi connectivity index (χ4v) is 5.17. The van der Waals surface area contributed by atoms with Gasteiger partial charge >= 0.3 is 0 Å². The molecule has 32 heavy (non-hydrogen) atoms. The van der Waals surface area contributed by atoms with Crippen molar-refractivity contribution < 1.29 is 14.4 Å². The fourth-order valence-electron chi connectivity index (χ4n) is 5.17. The summed E-state index contributed by atoms with van der Waals surface area (Å²) in [7, 11) is 3.50. The topological polar surface area (TPSA) is 60.9 Å². The predicted molar refractivity (Wildman–Crippen MR) is 123 cm³/mol. The average Bonchev–Trinajstić information content (AvgIpc) is 3.35. The number of likely N-dealkylation sites (tertiary alicyclic amines) is 2. The van der Waals surface area contributed by atoms with Gasteiger partial charge in [0.25, 0.3) is 5.91 Å². The van der Waals surface area contributed by atoms with E-state index in [2.05, 4.69) is 12.1 Å². The average molecular weight is 434 g/mol. The summed E-state index contributed by atoms with van der Waals surface area (Å²) in [5.74, 6) is 0.0162. The highest BCUT2D eigenvalue weighted by Crippen LogP contribution is 2.44. The lowest BCUT2D eigenvalue weighted by Gasteiger charge is -2.30. The van der Waals surface area contributed by atoms with Crippen LogP contribution in [0.1, 0.15) is 28.8 Å². The van der Waals surface area contributed by atoms with E-state index in [0.717, 1.165) is 12.8 Å². The minimum Gasteiger partial charge on any atom is -0.348 e. The maximum Gasteiger partial charge on any atom is 0.253 e. The van der Waals surface area contributed by atoms with Crippen LogP contribution in [0.4, 0.5) is 0 Å². The van der Waals surface area contributed by atoms with Gasteiger partial charge in [0.1, 0.15) is 0 Å². The summed E-state index contributed by atoms with van der Waals surface area (Å²) < 4.78 is 0. The van der Waals surface area contributed by atoms with Gasteiger partial charge in [0.05, 0.1) is 5.41 Å². The Morgan fingerprint density at radius 2 is 1.50 bits per heavy atom. The number of carbonyl (C=O) groups is 3. The molecule has 2 aliphatic rings. The highest BCUT2D eigenvalue weighted by molar-refractivity contribution is 5.96. The molecule has 6 nitrogen and oxygen atoms in total. The first-order valence-electron chi connectivity index (χ1n) is 11.3. The van der Waals surface area contributed by atoms with Crippen LogP contribution in [0.2, 0.25) is 0 Å². The highest BCUT2D eigenvalue weighted by atomic mass is 16.2. The second-order valence-electron chi connectivity index (χ2n) is 9.22. The van der Waals surface area contributed by atoms with E-state index in [4.69, 9.17) is 0 Å². The zero-order chi connectivity index (χ0) is 22.7. The summed E-state index contributed by atoms with van der Waals surface area (Å²) in [5.41, 5.74) is 1.14. The molecular weight excluding hydrogens is 402 g/mol. The van der Waals surface area contributed by atoms with Crippen LogP contribution in [-0.2, 0) is 16.0 Å². The normalized spacial score (nSPS) is 22.0. The molecule has 0 aromatic heterocycles. The Morgan fingerprint density at radius 3 is 2.16 bits per heavy atom. The van der Waals surface area contributed by atoms with Crippen molar-refractivity contribution in [1.82, 2.24) is 14.7 Å². The van der Waals surface area contributed by atoms with Crippen LogP contribution in [0, 0.1) is 11.3 Å². The summed E-state index contributed by atoms with van der Waals surface area (Å²) in [6.45, 7) is 1.77. The molecule has 2 heterocycles. The lowest BCUT2D eigenvalue weighted by Crippen LogP contribution is -2.48. The Bertz CT molecular complexity index is 976. The second-order valence-corrected chi connectivity index (χ2v) is 9.22. The largest absolute Gasteiger partial charge is 0.348 e. The molecule has 0 bridgehead atoms. The molecule has 2 aromatic carbocycles. The van der Waals surface area contributed by atoms with Gasteiger partial charge < -0.3 is 14.7 Å². The van der Waals surface area contributed by atoms with Crippen LogP contribution in [0.3, 0.4) is 0 Å². The summed E-state index contributed by atoms with van der Waals surface area (Å²) >= 11 is 0. The third-order valence-electron chi connectivity index (χ3n) is 6.80. The van der Waals surface area contributed by atoms with Gasteiger partial charge in [-0.25, -0.2) is 0 Å². The summed E-state index contributed by atoms with van der Waals surface area (Å²) in [4.78, 5) is 44.5. The van der Waals surface area contributed by atoms with Gasteiger partial charge in [-0.05, 0) is 30.5 Å². The molecule has 0 spiro atoms. The van der Waals surface area contributed by atoms with Crippen molar-refractivity contribution in [3.8, 4) is 0 Å². The van der Waals surface area contributed by atoms with Gasteiger partial charge in [-0.1, -0.05) is 48.5 Å². The number of benzene rings is 2. The number of nitrogens with zero attached hydrogens (tertiary/aromatic N) is 3. The monoisotopic (exact) mass is 433 g/mol. The lowest BCUT2D eigenvalue weighted by molar-refractivity contribution is -0.140. The molecule has 0 saturated carbocycles. The van der Waals surface area contributed by atoms with Crippen molar-refractivity contribution in [3.05, 3.63) is 71.8 Å². The van der Waals surface area contributed by atoms with Crippen LogP contribution in [-0.4, -0.2) is 72.7 Å². The van der Waals surface area contributed by atoms with E-state index in [0.29, 0.717) is 38.2 Å². The Balaban J connectivity index is 1.43. The third kappa shape index (κ3) is 4.27. The number of rotatable bonds is 6. The Kier molecular flexibility index (Phi) is 6.31. The Morgan fingerprint density at radius 1 is 0.906 bits per heavy atom. The van der Waals surface area contributed by atoms with Crippen LogP contribution >= 0.6 is 0 Å². The third-order valence-corrected chi connectivity index (χ3v) is 6.80. The van der Waals surface area contributed by atoms with Crippen molar-refractivity contribution in [3.63, 3.8) is 0 Å². The predicted octanol–water partition coefficient (Wildman–Crippen LogP) is 2.70. The Hall–Kier alpha value is -3.15. The molecule has 0 N–H and O–H groups in total. The van der Waals surface area contributed by atoms with Crippen LogP contribution in [0.15, 0.2) is 60.7 Å². The number of hydrogen-bond acceptors (Lipinski definition) is 3. The highest BCUT2D eigenvalue weighted by Gasteiger charge is 2.59. The minimum atomic E-state index is -0.719. The van der Waals surface area contributed by atoms with Gasteiger partial charge in [0.15, 0.2) is 0 Å². The standard InChI is InChI=1S/C26H31N3O3/c1-27(2)25(32)26-18-28(23(30)15-9-12-20-10-5-3-6-11-20)16-22(26)17-29(19-26)24(31)21-13-7-4-8-14-21/h3-8,10-11,13-14,22H,9,12,15-19H2,1-2H3/t22-,26-/m1/s1. The molecular formula is C26H31N3O3. The number of aryl methyl sites for hydroxylation is 1. The summed E-state index contributed by atoms with van der Waals surface area (Å²) in [6, 6.07) is 19.4. The molecule has 0 aliphatic carbocycles. The molecule has 2 aliphatic heterocycles. The van der Waals surface area contributed by atoms with E-state index in [1.54, 1.807) is 36.0 Å². The van der Waals surface area contributed by atoms with Gasteiger partial charge in [0, 0.05) is 58.2 Å². The second kappa shape index (κ2) is 9.15. The summed E-state index contributed by atoms with van der Waals surface area (Å²) in [5, 5.41) is 0. The first kappa shape index (κ1) is 22.1. The molecule has 6 heteroatoms. The van der Waals surface area contributed by atoms with E-state index >= 15 is 0 Å². The number of hydrogen-bond donors (Lipinski definition) is 0. The molecule has 2 atom stereocenters. The number of fused-ring (bicyclic) bond motifs is 1. The van der Waals surface area contributed by atoms with Crippen molar-refractivity contribution in [1.29, 1.82) is 0 Å². The molecule has 2 fully saturated rings. The van der Waals surface area contributed by atoms with Crippen molar-refractivity contribution >= 4 is 17.7 Å². The van der Waals surface area contributed by atoms with E-state index in [1.165, 1.54) is 5.56 Å². The first-order chi connectivity index (χ1) is 15.4. The fraction of sp³-hybridized carbons (Fsp3) is 0.423. The lowest BCUT2D eigenvalue weighted by atomic mass is 9.80. The zero-order valence-electron chi connectivity index (χ0n) is 18.9. The molecule has 0 radical (unpaired) electrons.